The highest BCUT2D eigenvalue weighted by Crippen LogP contribution is 2.21. The molecule has 0 radical (unpaired) electrons. The number of hydrogen-bond donors (Lipinski definition) is 3. The molecule has 4 nitrogen and oxygen atoms in total. The Kier molecular flexibility index (Phi) is 4.77. The lowest BCUT2D eigenvalue weighted by Crippen LogP contribution is -2.23. The standard InChI is InChI=1S/C15H13ClN2O2S/c16-13-6-5-11(19)7-12(13)15(20)18-8-9-1-3-10(4-2-9)14(17)21/h1-7,19H,8H2,(H2,17,21)(H,18,20). The van der Waals surface area contributed by atoms with Crippen LogP contribution in [0.25, 0.3) is 0 Å². The molecule has 0 aliphatic heterocycles. The summed E-state index contributed by atoms with van der Waals surface area (Å²) < 4.78 is 0. The smallest absolute Gasteiger partial charge is 0.253 e. The van der Waals surface area contributed by atoms with Crippen LogP contribution in [0.3, 0.4) is 0 Å². The van der Waals surface area contributed by atoms with Gasteiger partial charge in [-0.25, -0.2) is 0 Å². The molecule has 1 amide bonds. The Morgan fingerprint density at radius 1 is 1.24 bits per heavy atom. The van der Waals surface area contributed by atoms with E-state index in [1.165, 1.54) is 18.2 Å². The number of phenols is 1. The van der Waals surface area contributed by atoms with Gasteiger partial charge in [0.05, 0.1) is 10.6 Å². The molecular formula is C15H13ClN2O2S. The first-order valence-corrected chi connectivity index (χ1v) is 6.91. The van der Waals surface area contributed by atoms with Gasteiger partial charge in [-0.1, -0.05) is 48.1 Å². The van der Waals surface area contributed by atoms with E-state index in [2.05, 4.69) is 5.32 Å². The van der Waals surface area contributed by atoms with E-state index in [-0.39, 0.29) is 22.2 Å². The summed E-state index contributed by atoms with van der Waals surface area (Å²) in [4.78, 5) is 12.3. The van der Waals surface area contributed by atoms with Crippen LogP contribution in [0.2, 0.25) is 5.02 Å². The maximum atomic E-state index is 12.0. The molecule has 0 aromatic heterocycles. The van der Waals surface area contributed by atoms with Gasteiger partial charge in [-0.2, -0.15) is 0 Å². The zero-order valence-corrected chi connectivity index (χ0v) is 12.5. The van der Waals surface area contributed by atoms with Crippen LogP contribution in [-0.2, 0) is 6.54 Å². The minimum Gasteiger partial charge on any atom is -0.508 e. The summed E-state index contributed by atoms with van der Waals surface area (Å²) in [7, 11) is 0. The highest BCUT2D eigenvalue weighted by atomic mass is 35.5. The van der Waals surface area contributed by atoms with E-state index >= 15 is 0 Å². The van der Waals surface area contributed by atoms with E-state index in [1.807, 2.05) is 12.1 Å². The number of halogens is 1. The fraction of sp³-hybridized carbons (Fsp3) is 0.0667. The van der Waals surface area contributed by atoms with Gasteiger partial charge in [0.15, 0.2) is 0 Å². The van der Waals surface area contributed by atoms with Gasteiger partial charge < -0.3 is 16.2 Å². The van der Waals surface area contributed by atoms with Crippen LogP contribution in [0, 0.1) is 0 Å². The average molecular weight is 321 g/mol. The zero-order valence-electron chi connectivity index (χ0n) is 11.0. The summed E-state index contributed by atoms with van der Waals surface area (Å²) in [6, 6.07) is 11.5. The summed E-state index contributed by atoms with van der Waals surface area (Å²) in [5, 5.41) is 12.4. The van der Waals surface area contributed by atoms with Crippen molar-refractivity contribution in [3.63, 3.8) is 0 Å². The number of nitrogens with two attached hydrogens (primary N) is 1. The van der Waals surface area contributed by atoms with Crippen molar-refractivity contribution in [3.05, 3.63) is 64.2 Å². The van der Waals surface area contributed by atoms with E-state index in [4.69, 9.17) is 29.6 Å². The fourth-order valence-electron chi connectivity index (χ4n) is 1.75. The summed E-state index contributed by atoms with van der Waals surface area (Å²) in [5.74, 6) is -0.361. The molecule has 2 aromatic rings. The van der Waals surface area contributed by atoms with E-state index in [0.717, 1.165) is 11.1 Å². The van der Waals surface area contributed by atoms with Gasteiger partial charge in [0, 0.05) is 12.1 Å². The van der Waals surface area contributed by atoms with Crippen molar-refractivity contribution in [3.8, 4) is 5.75 Å². The second-order valence-electron chi connectivity index (χ2n) is 4.41. The Labute approximate surface area is 132 Å². The number of phenolic OH excluding ortho intramolecular Hbond substituents is 1. The van der Waals surface area contributed by atoms with Gasteiger partial charge in [-0.3, -0.25) is 4.79 Å². The van der Waals surface area contributed by atoms with Crippen molar-refractivity contribution in [2.45, 2.75) is 6.54 Å². The van der Waals surface area contributed by atoms with E-state index in [0.29, 0.717) is 11.5 Å². The Morgan fingerprint density at radius 3 is 2.52 bits per heavy atom. The number of thiocarbonyl (C=S) groups is 1. The van der Waals surface area contributed by atoms with Gasteiger partial charge in [0.1, 0.15) is 10.7 Å². The molecule has 6 heteroatoms. The topological polar surface area (TPSA) is 75.3 Å². The number of benzene rings is 2. The second-order valence-corrected chi connectivity index (χ2v) is 5.26. The monoisotopic (exact) mass is 320 g/mol. The van der Waals surface area contributed by atoms with E-state index in [9.17, 15) is 9.90 Å². The molecule has 0 saturated heterocycles. The Bertz CT molecular complexity index is 687. The average Bonchev–Trinajstić information content (AvgIpc) is 2.47. The van der Waals surface area contributed by atoms with Crippen LogP contribution in [-0.4, -0.2) is 16.0 Å². The van der Waals surface area contributed by atoms with Gasteiger partial charge >= 0.3 is 0 Å². The fourth-order valence-corrected chi connectivity index (χ4v) is 2.09. The molecule has 0 unspecified atom stereocenters. The van der Waals surface area contributed by atoms with Gasteiger partial charge in [0.25, 0.3) is 5.91 Å². The predicted octanol–water partition coefficient (Wildman–Crippen LogP) is 2.61. The summed E-state index contributed by atoms with van der Waals surface area (Å²) >= 11 is 10.8. The lowest BCUT2D eigenvalue weighted by Gasteiger charge is -2.08. The third-order valence-electron chi connectivity index (χ3n) is 2.89. The first kappa shape index (κ1) is 15.3. The largest absolute Gasteiger partial charge is 0.508 e. The molecule has 0 saturated carbocycles. The molecule has 0 heterocycles. The number of carbonyl (C=O) groups excluding carboxylic acids is 1. The van der Waals surface area contributed by atoms with Gasteiger partial charge in [-0.15, -0.1) is 0 Å². The SMILES string of the molecule is NC(=S)c1ccc(CNC(=O)c2cc(O)ccc2Cl)cc1. The van der Waals surface area contributed by atoms with Gasteiger partial charge in [0.2, 0.25) is 0 Å². The highest BCUT2D eigenvalue weighted by Gasteiger charge is 2.11. The minimum absolute atomic E-state index is 0.00892. The molecule has 0 bridgehead atoms. The predicted molar refractivity (Wildman–Crippen MR) is 86.6 cm³/mol. The molecular weight excluding hydrogens is 308 g/mol. The maximum absolute atomic E-state index is 12.0. The van der Waals surface area contributed by atoms with Crippen LogP contribution < -0.4 is 11.1 Å². The van der Waals surface area contributed by atoms with Crippen molar-refractivity contribution in [1.29, 1.82) is 0 Å². The normalized spacial score (nSPS) is 10.1. The minimum atomic E-state index is -0.352. The third-order valence-corrected chi connectivity index (χ3v) is 3.45. The molecule has 0 aliphatic carbocycles. The summed E-state index contributed by atoms with van der Waals surface area (Å²) in [6.07, 6.45) is 0. The second kappa shape index (κ2) is 6.56. The molecule has 2 aromatic carbocycles. The number of nitrogens with one attached hydrogen (secondary N) is 1. The molecule has 0 fully saturated rings. The Morgan fingerprint density at radius 2 is 1.90 bits per heavy atom. The first-order chi connectivity index (χ1) is 9.97. The van der Waals surface area contributed by atoms with E-state index < -0.39 is 0 Å². The third kappa shape index (κ3) is 3.93. The lowest BCUT2D eigenvalue weighted by molar-refractivity contribution is 0.0950. The van der Waals surface area contributed by atoms with Crippen molar-refractivity contribution in [1.82, 2.24) is 5.32 Å². The number of aromatic hydroxyl groups is 1. The number of rotatable bonds is 4. The van der Waals surface area contributed by atoms with Crippen molar-refractivity contribution >= 4 is 34.7 Å². The Hall–Kier alpha value is -2.11. The van der Waals surface area contributed by atoms with Crippen LogP contribution >= 0.6 is 23.8 Å². The lowest BCUT2D eigenvalue weighted by atomic mass is 10.1. The first-order valence-electron chi connectivity index (χ1n) is 6.13. The van der Waals surface area contributed by atoms with Crippen LogP contribution in [0.15, 0.2) is 42.5 Å². The number of hydrogen-bond acceptors (Lipinski definition) is 3. The zero-order chi connectivity index (χ0) is 15.4. The quantitative estimate of drug-likeness (QED) is 0.757. The van der Waals surface area contributed by atoms with E-state index in [1.54, 1.807) is 12.1 Å². The molecule has 0 atom stereocenters. The molecule has 0 aliphatic rings. The molecule has 4 N–H and O–H groups in total. The van der Waals surface area contributed by atoms with Gasteiger partial charge in [-0.05, 0) is 23.8 Å². The summed E-state index contributed by atoms with van der Waals surface area (Å²) in [6.45, 7) is 0.336. The molecule has 0 spiro atoms. The number of carbonyl (C=O) groups is 1. The van der Waals surface area contributed by atoms with Crippen LogP contribution in [0.4, 0.5) is 0 Å². The highest BCUT2D eigenvalue weighted by molar-refractivity contribution is 7.80. The van der Waals surface area contributed by atoms with Crippen LogP contribution in [0.5, 0.6) is 5.75 Å². The maximum Gasteiger partial charge on any atom is 0.253 e. The summed E-state index contributed by atoms with van der Waals surface area (Å²) in [5.41, 5.74) is 7.43. The Balaban J connectivity index is 2.04. The molecule has 2 rings (SSSR count). The molecule has 21 heavy (non-hydrogen) atoms. The van der Waals surface area contributed by atoms with Crippen molar-refractivity contribution < 1.29 is 9.90 Å². The van der Waals surface area contributed by atoms with Crippen molar-refractivity contribution in [2.75, 3.05) is 0 Å². The molecule has 108 valence electrons. The van der Waals surface area contributed by atoms with Crippen LogP contribution in [0.1, 0.15) is 21.5 Å². The van der Waals surface area contributed by atoms with Crippen molar-refractivity contribution in [2.24, 2.45) is 5.73 Å². The number of amides is 1.